The zero-order valence-electron chi connectivity index (χ0n) is 11.6. The van der Waals surface area contributed by atoms with Gasteiger partial charge in [0.15, 0.2) is 17.3 Å². The fraction of sp³-hybridized carbons (Fsp3) is 0.467. The topological polar surface area (TPSA) is 83.4 Å². The van der Waals surface area contributed by atoms with Gasteiger partial charge in [0.25, 0.3) is 0 Å². The predicted octanol–water partition coefficient (Wildman–Crippen LogP) is 2.16. The number of aromatic nitrogens is 2. The number of rotatable bonds is 3. The smallest absolute Gasteiger partial charge is 0.229 e. The molecule has 1 saturated carbocycles. The van der Waals surface area contributed by atoms with Crippen molar-refractivity contribution in [3.05, 3.63) is 35.5 Å². The first-order valence-corrected chi connectivity index (χ1v) is 7.30. The second kappa shape index (κ2) is 5.04. The first-order valence-electron chi connectivity index (χ1n) is 7.30. The fourth-order valence-corrected chi connectivity index (χ4v) is 2.39. The molecule has 0 radical (unpaired) electrons. The van der Waals surface area contributed by atoms with Crippen LogP contribution in [0.5, 0.6) is 11.5 Å². The molecular weight excluding hydrogens is 270 g/mol. The largest absolute Gasteiger partial charge is 0.490 e. The van der Waals surface area contributed by atoms with Gasteiger partial charge in [-0.25, -0.2) is 0 Å². The van der Waals surface area contributed by atoms with Gasteiger partial charge in [-0.15, -0.1) is 0 Å². The summed E-state index contributed by atoms with van der Waals surface area (Å²) in [6.07, 6.45) is 3.13. The number of nitrogens with two attached hydrogens (primary N) is 1. The van der Waals surface area contributed by atoms with Crippen LogP contribution in [0.4, 0.5) is 0 Å². The summed E-state index contributed by atoms with van der Waals surface area (Å²) in [7, 11) is 0. The zero-order chi connectivity index (χ0) is 14.2. The Bertz CT molecular complexity index is 651. The fourth-order valence-electron chi connectivity index (χ4n) is 2.39. The van der Waals surface area contributed by atoms with Gasteiger partial charge < -0.3 is 19.7 Å². The van der Waals surface area contributed by atoms with Gasteiger partial charge in [0.1, 0.15) is 0 Å². The first-order chi connectivity index (χ1) is 10.3. The van der Waals surface area contributed by atoms with Gasteiger partial charge in [-0.1, -0.05) is 11.2 Å². The highest BCUT2D eigenvalue weighted by atomic mass is 16.5. The number of nitrogens with zero attached hydrogens (tertiary/aromatic N) is 2. The highest BCUT2D eigenvalue weighted by Gasteiger charge is 2.30. The van der Waals surface area contributed by atoms with Gasteiger partial charge >= 0.3 is 0 Å². The Balaban J connectivity index is 1.60. The van der Waals surface area contributed by atoms with Crippen molar-refractivity contribution in [1.82, 2.24) is 10.1 Å². The van der Waals surface area contributed by atoms with Crippen molar-refractivity contribution >= 4 is 0 Å². The lowest BCUT2D eigenvalue weighted by Gasteiger charge is -2.12. The summed E-state index contributed by atoms with van der Waals surface area (Å²) >= 11 is 0. The van der Waals surface area contributed by atoms with Gasteiger partial charge in [-0.3, -0.25) is 0 Å². The summed E-state index contributed by atoms with van der Waals surface area (Å²) < 4.78 is 16.6. The Hall–Kier alpha value is -2.08. The van der Waals surface area contributed by atoms with E-state index in [0.717, 1.165) is 36.3 Å². The van der Waals surface area contributed by atoms with Gasteiger partial charge in [-0.2, -0.15) is 4.98 Å². The van der Waals surface area contributed by atoms with E-state index in [1.54, 1.807) is 0 Å². The minimum Gasteiger partial charge on any atom is -0.490 e. The molecule has 4 rings (SSSR count). The number of fused-ring (bicyclic) bond motifs is 1. The van der Waals surface area contributed by atoms with E-state index in [-0.39, 0.29) is 0 Å². The van der Waals surface area contributed by atoms with Crippen LogP contribution in [-0.4, -0.2) is 23.4 Å². The summed E-state index contributed by atoms with van der Waals surface area (Å²) in [5.41, 5.74) is 7.13. The van der Waals surface area contributed by atoms with Crippen molar-refractivity contribution in [3.63, 3.8) is 0 Å². The molecule has 0 bridgehead atoms. The molecule has 2 N–H and O–H groups in total. The molecule has 0 saturated heterocycles. The molecule has 1 aromatic heterocycles. The lowest BCUT2D eigenvalue weighted by molar-refractivity contribution is 0.297. The van der Waals surface area contributed by atoms with E-state index in [4.69, 9.17) is 19.7 Å². The van der Waals surface area contributed by atoms with Crippen LogP contribution in [0.3, 0.4) is 0 Å². The third kappa shape index (κ3) is 2.47. The van der Waals surface area contributed by atoms with Crippen LogP contribution in [0.2, 0.25) is 0 Å². The molecule has 2 heterocycles. The van der Waals surface area contributed by atoms with Crippen LogP contribution in [0.1, 0.15) is 48.5 Å². The maximum Gasteiger partial charge on any atom is 0.229 e. The SMILES string of the molecule is NC(c1ccc2c(c1)OCCCO2)c1noc(C2CC2)n1. The molecule has 110 valence electrons. The Labute approximate surface area is 122 Å². The van der Waals surface area contributed by atoms with E-state index >= 15 is 0 Å². The Morgan fingerprint density at radius 3 is 2.76 bits per heavy atom. The summed E-state index contributed by atoms with van der Waals surface area (Å²) in [5, 5.41) is 4.00. The Morgan fingerprint density at radius 1 is 1.14 bits per heavy atom. The van der Waals surface area contributed by atoms with Crippen LogP contribution < -0.4 is 15.2 Å². The third-order valence-electron chi connectivity index (χ3n) is 3.79. The first kappa shape index (κ1) is 12.6. The van der Waals surface area contributed by atoms with E-state index < -0.39 is 6.04 Å². The molecule has 1 aliphatic carbocycles. The standard InChI is InChI=1S/C15H17N3O3/c16-13(14-17-15(21-18-14)9-2-3-9)10-4-5-11-12(8-10)20-7-1-6-19-11/h4-5,8-9,13H,1-3,6-7,16H2. The van der Waals surface area contributed by atoms with E-state index in [1.165, 1.54) is 0 Å². The van der Waals surface area contributed by atoms with Crippen molar-refractivity contribution in [1.29, 1.82) is 0 Å². The van der Waals surface area contributed by atoms with Gasteiger partial charge in [0, 0.05) is 12.3 Å². The molecule has 21 heavy (non-hydrogen) atoms. The number of benzene rings is 1. The summed E-state index contributed by atoms with van der Waals surface area (Å²) in [6.45, 7) is 1.33. The van der Waals surface area contributed by atoms with Crippen LogP contribution in [0.25, 0.3) is 0 Å². The van der Waals surface area contributed by atoms with Crippen LogP contribution in [0, 0.1) is 0 Å². The molecule has 1 aliphatic heterocycles. The molecule has 1 unspecified atom stereocenters. The quantitative estimate of drug-likeness (QED) is 0.931. The molecule has 6 heteroatoms. The normalized spacial score (nSPS) is 19.1. The molecule has 6 nitrogen and oxygen atoms in total. The van der Waals surface area contributed by atoms with E-state index in [2.05, 4.69) is 10.1 Å². The van der Waals surface area contributed by atoms with Crippen molar-refractivity contribution < 1.29 is 14.0 Å². The highest BCUT2D eigenvalue weighted by molar-refractivity contribution is 5.45. The van der Waals surface area contributed by atoms with Crippen molar-refractivity contribution in [3.8, 4) is 11.5 Å². The van der Waals surface area contributed by atoms with Gasteiger partial charge in [0.05, 0.1) is 19.3 Å². The molecule has 0 amide bonds. The van der Waals surface area contributed by atoms with E-state index in [0.29, 0.717) is 30.8 Å². The van der Waals surface area contributed by atoms with Crippen LogP contribution in [0.15, 0.2) is 22.7 Å². The van der Waals surface area contributed by atoms with Crippen LogP contribution in [-0.2, 0) is 0 Å². The second-order valence-electron chi connectivity index (χ2n) is 5.50. The summed E-state index contributed by atoms with van der Waals surface area (Å²) in [6, 6.07) is 5.29. The van der Waals surface area contributed by atoms with Crippen LogP contribution >= 0.6 is 0 Å². The molecule has 0 spiro atoms. The average Bonchev–Trinajstić information content (AvgIpc) is 3.29. The monoisotopic (exact) mass is 287 g/mol. The maximum atomic E-state index is 6.24. The molecule has 2 aromatic rings. The van der Waals surface area contributed by atoms with E-state index in [1.807, 2.05) is 18.2 Å². The summed E-state index contributed by atoms with van der Waals surface area (Å²) in [5.74, 6) is 3.14. The minimum absolute atomic E-state index is 0.418. The predicted molar refractivity (Wildman–Crippen MR) is 74.4 cm³/mol. The highest BCUT2D eigenvalue weighted by Crippen LogP contribution is 2.39. The average molecular weight is 287 g/mol. The molecule has 1 fully saturated rings. The van der Waals surface area contributed by atoms with Crippen molar-refractivity contribution in [2.45, 2.75) is 31.2 Å². The van der Waals surface area contributed by atoms with Crippen molar-refractivity contribution in [2.24, 2.45) is 5.73 Å². The third-order valence-corrected chi connectivity index (χ3v) is 3.79. The maximum absolute atomic E-state index is 6.24. The number of ether oxygens (including phenoxy) is 2. The lowest BCUT2D eigenvalue weighted by Crippen LogP contribution is -2.14. The van der Waals surface area contributed by atoms with Gasteiger partial charge in [-0.05, 0) is 30.5 Å². The lowest BCUT2D eigenvalue weighted by atomic mass is 10.1. The molecule has 1 atom stereocenters. The second-order valence-corrected chi connectivity index (χ2v) is 5.50. The Kier molecular flexibility index (Phi) is 3.03. The minimum atomic E-state index is -0.418. The number of hydrogen-bond donors (Lipinski definition) is 1. The van der Waals surface area contributed by atoms with Crippen molar-refractivity contribution in [2.75, 3.05) is 13.2 Å². The number of hydrogen-bond acceptors (Lipinski definition) is 6. The van der Waals surface area contributed by atoms with E-state index in [9.17, 15) is 0 Å². The Morgan fingerprint density at radius 2 is 1.95 bits per heavy atom. The zero-order valence-corrected chi connectivity index (χ0v) is 11.6. The van der Waals surface area contributed by atoms with Gasteiger partial charge in [0.2, 0.25) is 5.89 Å². The molecule has 1 aromatic carbocycles. The molecular formula is C15H17N3O3. The molecule has 2 aliphatic rings. The summed E-state index contributed by atoms with van der Waals surface area (Å²) in [4.78, 5) is 4.40.